The number of pyridine rings is 1. The van der Waals surface area contributed by atoms with Crippen molar-refractivity contribution < 1.29 is 13.5 Å². The third-order valence-corrected chi connectivity index (χ3v) is 9.14. The van der Waals surface area contributed by atoms with Crippen LogP contribution in [0.2, 0.25) is 0 Å². The fraction of sp³-hybridized carbons (Fsp3) is 0.308. The van der Waals surface area contributed by atoms with Gasteiger partial charge in [-0.3, -0.25) is 0 Å². The average Bonchev–Trinajstić information content (AvgIpc) is 3.43. The fourth-order valence-electron chi connectivity index (χ4n) is 4.30. The second-order valence-corrected chi connectivity index (χ2v) is 12.2. The highest BCUT2D eigenvalue weighted by Gasteiger charge is 2.37. The van der Waals surface area contributed by atoms with Crippen molar-refractivity contribution >= 4 is 38.7 Å². The van der Waals surface area contributed by atoms with Crippen molar-refractivity contribution in [3.05, 3.63) is 64.9 Å². The van der Waals surface area contributed by atoms with Gasteiger partial charge in [0.1, 0.15) is 11.6 Å². The second kappa shape index (κ2) is 10.2. The Labute approximate surface area is 224 Å². The Balaban J connectivity index is 1.27. The van der Waals surface area contributed by atoms with Crippen LogP contribution in [0.25, 0.3) is 11.4 Å². The lowest BCUT2D eigenvalue weighted by Gasteiger charge is -2.32. The number of aromatic nitrogens is 5. The minimum Gasteiger partial charge on any atom is -0.391 e. The first-order valence-electron chi connectivity index (χ1n) is 12.3. The van der Waals surface area contributed by atoms with Crippen LogP contribution in [0.4, 0.5) is 17.3 Å². The summed E-state index contributed by atoms with van der Waals surface area (Å²) in [6, 6.07) is 5.60. The number of hydrogen-bond donors (Lipinski definition) is 2. The van der Waals surface area contributed by atoms with E-state index in [1.165, 1.54) is 12.4 Å². The molecule has 1 atom stereocenters. The topological polar surface area (TPSA) is 126 Å². The molecule has 1 aliphatic heterocycles. The Bertz CT molecular complexity index is 1620. The highest BCUT2D eigenvalue weighted by Crippen LogP contribution is 2.31. The number of rotatable bonds is 6. The maximum Gasteiger partial charge on any atom is 0.256 e. The molecule has 0 bridgehead atoms. The van der Waals surface area contributed by atoms with Gasteiger partial charge in [-0.1, -0.05) is 11.8 Å². The molecule has 0 spiro atoms. The van der Waals surface area contributed by atoms with Crippen LogP contribution in [-0.4, -0.2) is 62.1 Å². The molecule has 0 radical (unpaired) electrons. The fourth-order valence-corrected chi connectivity index (χ4v) is 6.36. The number of β-amino-alcohol motifs (C(OH)–C–C–N with tert-alkyl or cyclic N) is 1. The molecule has 0 unspecified atom stereocenters. The van der Waals surface area contributed by atoms with Gasteiger partial charge in [-0.05, 0) is 43.2 Å². The van der Waals surface area contributed by atoms with E-state index in [0.29, 0.717) is 42.4 Å². The number of nitrogens with one attached hydrogen (secondary N) is 1. The van der Waals surface area contributed by atoms with Crippen molar-refractivity contribution in [3.8, 4) is 23.2 Å². The van der Waals surface area contributed by atoms with E-state index in [9.17, 15) is 13.5 Å². The van der Waals surface area contributed by atoms with Crippen molar-refractivity contribution in [2.24, 2.45) is 0 Å². The first-order chi connectivity index (χ1) is 18.5. The van der Waals surface area contributed by atoms with Gasteiger partial charge < -0.3 is 15.3 Å². The lowest BCUT2D eigenvalue weighted by atomic mass is 10.1. The van der Waals surface area contributed by atoms with Gasteiger partial charge in [0, 0.05) is 42.5 Å². The molecule has 1 saturated carbocycles. The minimum atomic E-state index is -3.46. The molecule has 2 N–H and O–H groups in total. The van der Waals surface area contributed by atoms with Crippen molar-refractivity contribution in [1.82, 2.24) is 24.1 Å². The smallest absolute Gasteiger partial charge is 0.256 e. The summed E-state index contributed by atoms with van der Waals surface area (Å²) in [5.74, 6) is 7.85. The molecule has 1 aliphatic carbocycles. The van der Waals surface area contributed by atoms with Crippen molar-refractivity contribution in [2.75, 3.05) is 23.3 Å². The van der Waals surface area contributed by atoms with Crippen LogP contribution in [0.3, 0.4) is 0 Å². The van der Waals surface area contributed by atoms with E-state index >= 15 is 0 Å². The number of aliphatic hydroxyl groups excluding tert-OH is 1. The normalized spacial score (nSPS) is 17.6. The summed E-state index contributed by atoms with van der Waals surface area (Å²) < 4.78 is 26.0. The molecule has 4 aromatic rings. The summed E-state index contributed by atoms with van der Waals surface area (Å²) in [5.41, 5.74) is 3.13. The number of thiophene rings is 1. The minimum absolute atomic E-state index is 0.352. The van der Waals surface area contributed by atoms with Gasteiger partial charge in [0.15, 0.2) is 5.82 Å². The Morgan fingerprint density at radius 1 is 1.11 bits per heavy atom. The van der Waals surface area contributed by atoms with E-state index in [1.54, 1.807) is 29.8 Å². The molecule has 10 nitrogen and oxygen atoms in total. The van der Waals surface area contributed by atoms with Gasteiger partial charge in [-0.2, -0.15) is 20.5 Å². The standard InChI is InChI=1S/C26H25N7O3S2/c34-21-2-1-10-32(16-21)23-12-25(28-13-19(23)4-3-18-8-11-37-17-18)30-24-7-9-27-26(31-24)20-14-29-33(15-20)38(35,36)22-5-6-22/h7-9,11-15,17,21-22,34H,1-2,5-6,10,16H2,(H,27,28,30,31)/t21-/m0/s1. The van der Waals surface area contributed by atoms with E-state index in [0.717, 1.165) is 40.3 Å². The molecule has 0 aromatic carbocycles. The van der Waals surface area contributed by atoms with Gasteiger partial charge in [0.2, 0.25) is 0 Å². The highest BCUT2D eigenvalue weighted by molar-refractivity contribution is 7.90. The predicted molar refractivity (Wildman–Crippen MR) is 146 cm³/mol. The SMILES string of the molecule is O=S(=O)(C1CC1)n1cc(-c2nccc(Nc3cc(N4CCC[C@H](O)C4)c(C#Cc4ccsc4)cn3)n2)cn1. The summed E-state index contributed by atoms with van der Waals surface area (Å²) in [6.45, 7) is 1.35. The van der Waals surface area contributed by atoms with Crippen LogP contribution in [0.15, 0.2) is 53.7 Å². The third kappa shape index (κ3) is 5.26. The van der Waals surface area contributed by atoms with Crippen molar-refractivity contribution in [3.63, 3.8) is 0 Å². The average molecular weight is 548 g/mol. The zero-order valence-electron chi connectivity index (χ0n) is 20.4. The van der Waals surface area contributed by atoms with E-state index in [2.05, 4.69) is 42.1 Å². The van der Waals surface area contributed by atoms with Gasteiger partial charge in [0.05, 0.1) is 40.6 Å². The number of hydrogen-bond acceptors (Lipinski definition) is 10. The maximum atomic E-state index is 12.5. The molecule has 12 heteroatoms. The van der Waals surface area contributed by atoms with E-state index < -0.39 is 10.0 Å². The summed E-state index contributed by atoms with van der Waals surface area (Å²) >= 11 is 1.60. The first-order valence-corrected chi connectivity index (χ1v) is 14.8. The molecule has 6 rings (SSSR count). The van der Waals surface area contributed by atoms with Gasteiger partial charge in [-0.25, -0.2) is 23.4 Å². The van der Waals surface area contributed by atoms with Crippen molar-refractivity contribution in [2.45, 2.75) is 37.0 Å². The van der Waals surface area contributed by atoms with E-state index in [1.807, 2.05) is 22.9 Å². The Morgan fingerprint density at radius 3 is 2.79 bits per heavy atom. The first kappa shape index (κ1) is 24.5. The Kier molecular flexibility index (Phi) is 6.57. The van der Waals surface area contributed by atoms with Gasteiger partial charge in [0.25, 0.3) is 10.0 Å². The van der Waals surface area contributed by atoms with Gasteiger partial charge in [-0.15, -0.1) is 0 Å². The summed E-state index contributed by atoms with van der Waals surface area (Å²) in [6.07, 6.45) is 8.85. The molecular formula is C26H25N7O3S2. The quantitative estimate of drug-likeness (QED) is 0.350. The molecule has 4 aromatic heterocycles. The molecule has 5 heterocycles. The van der Waals surface area contributed by atoms with Crippen LogP contribution in [-0.2, 0) is 10.0 Å². The number of piperidine rings is 1. The summed E-state index contributed by atoms with van der Waals surface area (Å²) in [7, 11) is -3.46. The molecule has 38 heavy (non-hydrogen) atoms. The van der Waals surface area contributed by atoms with E-state index in [4.69, 9.17) is 0 Å². The highest BCUT2D eigenvalue weighted by atomic mass is 32.2. The zero-order chi connectivity index (χ0) is 26.1. The van der Waals surface area contributed by atoms with Crippen LogP contribution < -0.4 is 10.2 Å². The second-order valence-electron chi connectivity index (χ2n) is 9.33. The number of nitrogens with zero attached hydrogens (tertiary/aromatic N) is 6. The lowest BCUT2D eigenvalue weighted by molar-refractivity contribution is 0.154. The molecule has 194 valence electrons. The van der Waals surface area contributed by atoms with Crippen LogP contribution in [0.5, 0.6) is 0 Å². The summed E-state index contributed by atoms with van der Waals surface area (Å²) in [5, 5.41) is 21.2. The molecule has 1 saturated heterocycles. The molecule has 2 aliphatic rings. The maximum absolute atomic E-state index is 12.5. The predicted octanol–water partition coefficient (Wildman–Crippen LogP) is 3.24. The van der Waals surface area contributed by atoms with Gasteiger partial charge >= 0.3 is 0 Å². The number of aliphatic hydroxyl groups is 1. The monoisotopic (exact) mass is 547 g/mol. The van der Waals surface area contributed by atoms with Crippen LogP contribution in [0.1, 0.15) is 36.8 Å². The largest absolute Gasteiger partial charge is 0.391 e. The molecular weight excluding hydrogens is 522 g/mol. The third-order valence-electron chi connectivity index (χ3n) is 6.42. The Hall–Kier alpha value is -3.79. The Morgan fingerprint density at radius 2 is 2.00 bits per heavy atom. The molecule has 2 fully saturated rings. The summed E-state index contributed by atoms with van der Waals surface area (Å²) in [4.78, 5) is 15.5. The lowest BCUT2D eigenvalue weighted by Crippen LogP contribution is -2.38. The molecule has 0 amide bonds. The van der Waals surface area contributed by atoms with Crippen LogP contribution in [0, 0.1) is 11.8 Å². The zero-order valence-corrected chi connectivity index (χ0v) is 22.0. The van der Waals surface area contributed by atoms with E-state index in [-0.39, 0.29) is 11.4 Å². The van der Waals surface area contributed by atoms with Crippen LogP contribution >= 0.6 is 11.3 Å². The number of anilines is 3. The van der Waals surface area contributed by atoms with Crippen molar-refractivity contribution in [1.29, 1.82) is 0 Å².